The van der Waals surface area contributed by atoms with Crippen molar-refractivity contribution in [3.8, 4) is 11.5 Å². The van der Waals surface area contributed by atoms with Gasteiger partial charge in [0, 0.05) is 16.3 Å². The number of amides is 1. The molecule has 0 fully saturated rings. The Bertz CT molecular complexity index is 1360. The van der Waals surface area contributed by atoms with Crippen LogP contribution in [0, 0.1) is 0 Å². The lowest BCUT2D eigenvalue weighted by Crippen LogP contribution is -2.30. The maximum atomic E-state index is 13.5. The number of carbonyl (C=O) groups is 1. The summed E-state index contributed by atoms with van der Waals surface area (Å²) in [4.78, 5) is 17.4. The lowest BCUT2D eigenvalue weighted by Gasteiger charge is -2.30. The second-order valence-electron chi connectivity index (χ2n) is 7.79. The molecule has 182 valence electrons. The highest BCUT2D eigenvalue weighted by Crippen LogP contribution is 2.48. The molecule has 0 atom stereocenters. The van der Waals surface area contributed by atoms with E-state index in [-0.39, 0.29) is 18.3 Å². The van der Waals surface area contributed by atoms with E-state index in [1.807, 2.05) is 77.4 Å². The molecule has 9 heteroatoms. The number of nitrogens with zero attached hydrogens (tertiary/aromatic N) is 4. The molecular formula is C27H24N4O3S2. The maximum Gasteiger partial charge on any atom is 0.242 e. The van der Waals surface area contributed by atoms with Gasteiger partial charge in [-0.05, 0) is 36.4 Å². The van der Waals surface area contributed by atoms with Crippen molar-refractivity contribution in [2.45, 2.75) is 28.1 Å². The molecule has 1 aliphatic heterocycles. The van der Waals surface area contributed by atoms with Crippen LogP contribution in [0.25, 0.3) is 0 Å². The van der Waals surface area contributed by atoms with Gasteiger partial charge in [-0.2, -0.15) is 0 Å². The smallest absolute Gasteiger partial charge is 0.242 e. The molecule has 3 aromatic carbocycles. The van der Waals surface area contributed by atoms with Crippen molar-refractivity contribution in [1.29, 1.82) is 0 Å². The second-order valence-corrected chi connectivity index (χ2v) is 9.82. The quantitative estimate of drug-likeness (QED) is 0.200. The van der Waals surface area contributed by atoms with Crippen LogP contribution in [0.5, 0.6) is 11.5 Å². The predicted molar refractivity (Wildman–Crippen MR) is 142 cm³/mol. The molecule has 1 amide bonds. The number of aromatic nitrogens is 3. The Morgan fingerprint density at radius 3 is 2.28 bits per heavy atom. The van der Waals surface area contributed by atoms with Crippen LogP contribution >= 0.6 is 23.5 Å². The van der Waals surface area contributed by atoms with Crippen LogP contribution in [0.2, 0.25) is 0 Å². The van der Waals surface area contributed by atoms with E-state index >= 15 is 0 Å². The number of anilines is 2. The van der Waals surface area contributed by atoms with E-state index in [4.69, 9.17) is 9.47 Å². The van der Waals surface area contributed by atoms with Gasteiger partial charge in [0.25, 0.3) is 0 Å². The van der Waals surface area contributed by atoms with E-state index in [0.29, 0.717) is 29.0 Å². The minimum atomic E-state index is -0.0276. The summed E-state index contributed by atoms with van der Waals surface area (Å²) in [6.07, 6.45) is 1.77. The molecule has 2 heterocycles. The lowest BCUT2D eigenvalue weighted by molar-refractivity contribution is -0.115. The summed E-state index contributed by atoms with van der Waals surface area (Å²) in [6.45, 7) is 4.57. The van der Waals surface area contributed by atoms with E-state index < -0.39 is 0 Å². The van der Waals surface area contributed by atoms with Crippen LogP contribution in [-0.2, 0) is 17.9 Å². The van der Waals surface area contributed by atoms with E-state index in [1.54, 1.807) is 29.8 Å². The summed E-state index contributed by atoms with van der Waals surface area (Å²) in [5, 5.41) is 9.29. The summed E-state index contributed by atoms with van der Waals surface area (Å²) >= 11 is 3.03. The highest BCUT2D eigenvalue weighted by molar-refractivity contribution is 8.00. The second kappa shape index (κ2) is 10.9. The Morgan fingerprint density at radius 1 is 0.972 bits per heavy atom. The molecule has 0 saturated heterocycles. The first-order valence-electron chi connectivity index (χ1n) is 11.3. The van der Waals surface area contributed by atoms with Crippen LogP contribution in [-0.4, -0.2) is 33.5 Å². The minimum Gasteiger partial charge on any atom is -0.493 e. The van der Waals surface area contributed by atoms with Gasteiger partial charge >= 0.3 is 0 Å². The van der Waals surface area contributed by atoms with Crippen LogP contribution in [0.4, 0.5) is 11.4 Å². The first kappa shape index (κ1) is 24.0. The molecule has 4 aromatic rings. The van der Waals surface area contributed by atoms with Crippen molar-refractivity contribution in [3.63, 3.8) is 0 Å². The molecule has 0 saturated carbocycles. The standard InChI is InChI=1S/C27H24N4O3S2/c1-3-16-30-25(17-34-22-13-7-6-12-21(22)33-2)28-29-27(30)35-18-26(32)31-19-10-4-8-14-23(19)36-24-15-9-5-11-20(24)31/h3-15H,1,16-18H2,2H3. The fourth-order valence-electron chi connectivity index (χ4n) is 3.89. The van der Waals surface area contributed by atoms with Crippen LogP contribution < -0.4 is 14.4 Å². The van der Waals surface area contributed by atoms with Crippen molar-refractivity contribution in [2.75, 3.05) is 17.8 Å². The number of ether oxygens (including phenoxy) is 2. The zero-order valence-electron chi connectivity index (χ0n) is 19.7. The van der Waals surface area contributed by atoms with Gasteiger partial charge < -0.3 is 9.47 Å². The van der Waals surface area contributed by atoms with Gasteiger partial charge in [0.05, 0.1) is 24.2 Å². The molecule has 36 heavy (non-hydrogen) atoms. The molecular weight excluding hydrogens is 492 g/mol. The van der Waals surface area contributed by atoms with E-state index in [9.17, 15) is 4.79 Å². The van der Waals surface area contributed by atoms with Crippen LogP contribution in [0.1, 0.15) is 5.82 Å². The zero-order chi connectivity index (χ0) is 24.9. The number of hydrogen-bond donors (Lipinski definition) is 0. The molecule has 1 aromatic heterocycles. The van der Waals surface area contributed by atoms with Gasteiger partial charge in [0.2, 0.25) is 5.91 Å². The van der Waals surface area contributed by atoms with Gasteiger partial charge in [-0.1, -0.05) is 66.0 Å². The number of hydrogen-bond acceptors (Lipinski definition) is 7. The van der Waals surface area contributed by atoms with Gasteiger partial charge in [-0.3, -0.25) is 14.3 Å². The lowest BCUT2D eigenvalue weighted by atomic mass is 10.2. The highest BCUT2D eigenvalue weighted by Gasteiger charge is 2.28. The zero-order valence-corrected chi connectivity index (χ0v) is 21.3. The van der Waals surface area contributed by atoms with Crippen LogP contribution in [0.3, 0.4) is 0 Å². The molecule has 5 rings (SSSR count). The van der Waals surface area contributed by atoms with E-state index in [2.05, 4.69) is 16.8 Å². The summed E-state index contributed by atoms with van der Waals surface area (Å²) in [7, 11) is 1.60. The Hall–Kier alpha value is -3.69. The fraction of sp³-hybridized carbons (Fsp3) is 0.148. The fourth-order valence-corrected chi connectivity index (χ4v) is 5.76. The number of benzene rings is 3. The maximum absolute atomic E-state index is 13.5. The molecule has 0 spiro atoms. The van der Waals surface area contributed by atoms with Gasteiger partial charge in [0.15, 0.2) is 22.5 Å². The first-order chi connectivity index (χ1) is 17.7. The van der Waals surface area contributed by atoms with E-state index in [0.717, 1.165) is 21.2 Å². The summed E-state index contributed by atoms with van der Waals surface area (Å²) < 4.78 is 13.2. The number of para-hydroxylation sites is 4. The molecule has 7 nitrogen and oxygen atoms in total. The monoisotopic (exact) mass is 516 g/mol. The number of methoxy groups -OCH3 is 1. The van der Waals surface area contributed by atoms with Crippen molar-refractivity contribution in [1.82, 2.24) is 14.8 Å². The third kappa shape index (κ3) is 4.84. The summed E-state index contributed by atoms with van der Waals surface area (Å²) in [5.41, 5.74) is 1.79. The average Bonchev–Trinajstić information content (AvgIpc) is 3.30. The molecule has 0 radical (unpaired) electrons. The largest absolute Gasteiger partial charge is 0.493 e. The third-order valence-electron chi connectivity index (χ3n) is 5.54. The Balaban J connectivity index is 1.34. The van der Waals surface area contributed by atoms with Gasteiger partial charge in [0.1, 0.15) is 6.61 Å². The molecule has 1 aliphatic rings. The molecule has 0 bridgehead atoms. The topological polar surface area (TPSA) is 69.5 Å². The summed E-state index contributed by atoms with van der Waals surface area (Å²) in [6, 6.07) is 23.4. The molecule has 0 aliphatic carbocycles. The number of allylic oxidation sites excluding steroid dienone is 1. The SMILES string of the molecule is C=CCn1c(COc2ccccc2OC)nnc1SCC(=O)N1c2ccccc2Sc2ccccc21. The van der Waals surface area contributed by atoms with Crippen molar-refractivity contribution in [2.24, 2.45) is 0 Å². The first-order valence-corrected chi connectivity index (χ1v) is 13.1. The Labute approximate surface area is 218 Å². The Kier molecular flexibility index (Phi) is 7.29. The number of thioether (sulfide) groups is 1. The molecule has 0 unspecified atom stereocenters. The van der Waals surface area contributed by atoms with Crippen molar-refractivity contribution < 1.29 is 14.3 Å². The Morgan fingerprint density at radius 2 is 1.61 bits per heavy atom. The highest BCUT2D eigenvalue weighted by atomic mass is 32.2. The normalized spacial score (nSPS) is 12.0. The average molecular weight is 517 g/mol. The number of fused-ring (bicyclic) bond motifs is 2. The summed E-state index contributed by atoms with van der Waals surface area (Å²) in [5.74, 6) is 2.09. The molecule has 0 N–H and O–H groups in total. The van der Waals surface area contributed by atoms with Gasteiger partial charge in [-0.15, -0.1) is 16.8 Å². The van der Waals surface area contributed by atoms with Crippen molar-refractivity contribution in [3.05, 3.63) is 91.3 Å². The minimum absolute atomic E-state index is 0.0276. The van der Waals surface area contributed by atoms with E-state index in [1.165, 1.54) is 11.8 Å². The van der Waals surface area contributed by atoms with Gasteiger partial charge in [-0.25, -0.2) is 0 Å². The van der Waals surface area contributed by atoms with Crippen LogP contribution in [0.15, 0.2) is 100 Å². The third-order valence-corrected chi connectivity index (χ3v) is 7.62. The van der Waals surface area contributed by atoms with Crippen molar-refractivity contribution >= 4 is 40.8 Å². The number of carbonyl (C=O) groups excluding carboxylic acids is 1. The predicted octanol–water partition coefficient (Wildman–Crippen LogP) is 5.97. The number of rotatable bonds is 9.